The fraction of sp³-hybridized carbons (Fsp3) is 0.316. The summed E-state index contributed by atoms with van der Waals surface area (Å²) in [6, 6.07) is 15.5. The van der Waals surface area contributed by atoms with E-state index in [0.717, 1.165) is 12.0 Å². The summed E-state index contributed by atoms with van der Waals surface area (Å²) in [5.74, 6) is 0.577. The smallest absolute Gasteiger partial charge is 0.261 e. The number of halogens is 1. The second-order valence-corrected chi connectivity index (χ2v) is 5.86. The Morgan fingerprint density at radius 1 is 1.22 bits per heavy atom. The van der Waals surface area contributed by atoms with Gasteiger partial charge in [-0.15, -0.1) is 0 Å². The van der Waals surface area contributed by atoms with Gasteiger partial charge in [0.15, 0.2) is 6.10 Å². The molecule has 0 aliphatic heterocycles. The molecule has 0 aliphatic rings. The van der Waals surface area contributed by atoms with Crippen molar-refractivity contribution in [3.63, 3.8) is 0 Å². The number of rotatable bonds is 7. The van der Waals surface area contributed by atoms with Crippen LogP contribution in [0.15, 0.2) is 48.5 Å². The Hall–Kier alpha value is -2.00. The predicted octanol–water partition coefficient (Wildman–Crippen LogP) is 4.16. The van der Waals surface area contributed by atoms with Crippen molar-refractivity contribution in [1.82, 2.24) is 5.32 Å². The molecule has 1 unspecified atom stereocenters. The van der Waals surface area contributed by atoms with Gasteiger partial charge in [-0.1, -0.05) is 48.9 Å². The molecule has 0 aromatic heterocycles. The van der Waals surface area contributed by atoms with E-state index in [-0.39, 0.29) is 5.91 Å². The summed E-state index contributed by atoms with van der Waals surface area (Å²) < 4.78 is 5.79. The van der Waals surface area contributed by atoms with Gasteiger partial charge in [0.1, 0.15) is 5.75 Å². The van der Waals surface area contributed by atoms with Gasteiger partial charge in [-0.2, -0.15) is 0 Å². The standard InChI is InChI=1S/C19H22ClNO2/c1-3-18(23-16-9-10-17(20)14(2)13-16)19(22)21-12-11-15-7-5-4-6-8-15/h4-10,13,18H,3,11-12H2,1-2H3,(H,21,22). The molecule has 0 saturated heterocycles. The van der Waals surface area contributed by atoms with Crippen LogP contribution in [0.4, 0.5) is 0 Å². The summed E-state index contributed by atoms with van der Waals surface area (Å²) >= 11 is 6.01. The molecule has 0 heterocycles. The molecule has 0 fully saturated rings. The Morgan fingerprint density at radius 2 is 1.96 bits per heavy atom. The quantitative estimate of drug-likeness (QED) is 0.827. The molecule has 122 valence electrons. The van der Waals surface area contributed by atoms with Crippen LogP contribution in [0.5, 0.6) is 5.75 Å². The van der Waals surface area contributed by atoms with Gasteiger partial charge in [-0.3, -0.25) is 4.79 Å². The van der Waals surface area contributed by atoms with Crippen molar-refractivity contribution in [1.29, 1.82) is 0 Å². The van der Waals surface area contributed by atoms with Crippen molar-refractivity contribution in [3.8, 4) is 5.75 Å². The molecular weight excluding hydrogens is 310 g/mol. The van der Waals surface area contributed by atoms with Gasteiger partial charge in [0.05, 0.1) is 0 Å². The zero-order valence-corrected chi connectivity index (χ0v) is 14.3. The highest BCUT2D eigenvalue weighted by molar-refractivity contribution is 6.31. The lowest BCUT2D eigenvalue weighted by Gasteiger charge is -2.18. The lowest BCUT2D eigenvalue weighted by Crippen LogP contribution is -2.38. The van der Waals surface area contributed by atoms with Gasteiger partial charge in [-0.25, -0.2) is 0 Å². The second-order valence-electron chi connectivity index (χ2n) is 5.45. The highest BCUT2D eigenvalue weighted by Gasteiger charge is 2.18. The summed E-state index contributed by atoms with van der Waals surface area (Å²) in [6.45, 7) is 4.45. The number of nitrogens with one attached hydrogen (secondary N) is 1. The molecule has 2 rings (SSSR count). The number of carbonyl (C=O) groups is 1. The zero-order valence-electron chi connectivity index (χ0n) is 13.5. The molecule has 0 spiro atoms. The zero-order chi connectivity index (χ0) is 16.7. The topological polar surface area (TPSA) is 38.3 Å². The Labute approximate surface area is 142 Å². The normalized spacial score (nSPS) is 11.8. The van der Waals surface area contributed by atoms with Crippen LogP contribution in [0.3, 0.4) is 0 Å². The summed E-state index contributed by atoms with van der Waals surface area (Å²) in [5.41, 5.74) is 2.14. The predicted molar refractivity (Wildman–Crippen MR) is 94.1 cm³/mol. The number of carbonyl (C=O) groups excluding carboxylic acids is 1. The third-order valence-corrected chi connectivity index (χ3v) is 4.05. The maximum absolute atomic E-state index is 12.3. The van der Waals surface area contributed by atoms with E-state index in [1.807, 2.05) is 38.1 Å². The first-order valence-electron chi connectivity index (χ1n) is 7.84. The fourth-order valence-corrected chi connectivity index (χ4v) is 2.38. The number of aryl methyl sites for hydroxylation is 1. The van der Waals surface area contributed by atoms with E-state index in [1.54, 1.807) is 12.1 Å². The number of benzene rings is 2. The third kappa shape index (κ3) is 5.29. The molecule has 1 N–H and O–H groups in total. The van der Waals surface area contributed by atoms with E-state index in [4.69, 9.17) is 16.3 Å². The minimum Gasteiger partial charge on any atom is -0.481 e. The third-order valence-electron chi connectivity index (χ3n) is 3.63. The SMILES string of the molecule is CCC(Oc1ccc(Cl)c(C)c1)C(=O)NCCc1ccccc1. The van der Waals surface area contributed by atoms with Crippen LogP contribution in [-0.2, 0) is 11.2 Å². The van der Waals surface area contributed by atoms with Crippen molar-refractivity contribution in [3.05, 3.63) is 64.7 Å². The Balaban J connectivity index is 1.86. The van der Waals surface area contributed by atoms with Gasteiger partial charge in [0.25, 0.3) is 5.91 Å². The van der Waals surface area contributed by atoms with Crippen molar-refractivity contribution in [2.24, 2.45) is 0 Å². The van der Waals surface area contributed by atoms with Crippen LogP contribution in [-0.4, -0.2) is 18.6 Å². The van der Waals surface area contributed by atoms with Crippen LogP contribution < -0.4 is 10.1 Å². The van der Waals surface area contributed by atoms with Crippen LogP contribution in [0, 0.1) is 6.92 Å². The Kier molecular flexibility index (Phi) is 6.48. The van der Waals surface area contributed by atoms with Crippen LogP contribution in [0.1, 0.15) is 24.5 Å². The highest BCUT2D eigenvalue weighted by Crippen LogP contribution is 2.22. The molecule has 0 saturated carbocycles. The number of ether oxygens (including phenoxy) is 1. The minimum atomic E-state index is -0.494. The summed E-state index contributed by atoms with van der Waals surface area (Å²) in [4.78, 5) is 12.3. The molecule has 2 aromatic rings. The van der Waals surface area contributed by atoms with E-state index in [2.05, 4.69) is 17.4 Å². The molecule has 1 amide bonds. The monoisotopic (exact) mass is 331 g/mol. The van der Waals surface area contributed by atoms with Crippen LogP contribution >= 0.6 is 11.6 Å². The lowest BCUT2D eigenvalue weighted by molar-refractivity contribution is -0.128. The van der Waals surface area contributed by atoms with Gasteiger partial charge in [0, 0.05) is 11.6 Å². The summed E-state index contributed by atoms with van der Waals surface area (Å²) in [7, 11) is 0. The van der Waals surface area contributed by atoms with Crippen molar-refractivity contribution < 1.29 is 9.53 Å². The number of hydrogen-bond acceptors (Lipinski definition) is 2. The molecule has 3 nitrogen and oxygen atoms in total. The van der Waals surface area contributed by atoms with Crippen LogP contribution in [0.2, 0.25) is 5.02 Å². The maximum atomic E-state index is 12.3. The molecule has 0 aliphatic carbocycles. The van der Waals surface area contributed by atoms with E-state index in [1.165, 1.54) is 5.56 Å². The van der Waals surface area contributed by atoms with Crippen molar-refractivity contribution >= 4 is 17.5 Å². The first-order chi connectivity index (χ1) is 11.1. The van der Waals surface area contributed by atoms with Crippen molar-refractivity contribution in [2.45, 2.75) is 32.8 Å². The molecule has 1 atom stereocenters. The summed E-state index contributed by atoms with van der Waals surface area (Å²) in [6.07, 6.45) is 0.924. The molecule has 0 bridgehead atoms. The summed E-state index contributed by atoms with van der Waals surface area (Å²) in [5, 5.41) is 3.63. The van der Waals surface area contributed by atoms with E-state index in [0.29, 0.717) is 23.7 Å². The molecule has 0 radical (unpaired) electrons. The highest BCUT2D eigenvalue weighted by atomic mass is 35.5. The number of hydrogen-bond donors (Lipinski definition) is 1. The fourth-order valence-electron chi connectivity index (χ4n) is 2.27. The Morgan fingerprint density at radius 3 is 2.61 bits per heavy atom. The molecular formula is C19H22ClNO2. The largest absolute Gasteiger partial charge is 0.481 e. The molecule has 4 heteroatoms. The van der Waals surface area contributed by atoms with Gasteiger partial charge in [0.2, 0.25) is 0 Å². The molecule has 23 heavy (non-hydrogen) atoms. The lowest BCUT2D eigenvalue weighted by atomic mass is 10.1. The molecule has 2 aromatic carbocycles. The van der Waals surface area contributed by atoms with Gasteiger partial charge >= 0.3 is 0 Å². The average Bonchev–Trinajstić information content (AvgIpc) is 2.56. The maximum Gasteiger partial charge on any atom is 0.261 e. The average molecular weight is 332 g/mol. The minimum absolute atomic E-state index is 0.0870. The van der Waals surface area contributed by atoms with Gasteiger partial charge < -0.3 is 10.1 Å². The van der Waals surface area contributed by atoms with Gasteiger partial charge in [-0.05, 0) is 49.1 Å². The second kappa shape index (κ2) is 8.59. The van der Waals surface area contributed by atoms with Crippen molar-refractivity contribution in [2.75, 3.05) is 6.54 Å². The van der Waals surface area contributed by atoms with Crippen LogP contribution in [0.25, 0.3) is 0 Å². The first kappa shape index (κ1) is 17.4. The van der Waals surface area contributed by atoms with E-state index < -0.39 is 6.10 Å². The van der Waals surface area contributed by atoms with E-state index in [9.17, 15) is 4.79 Å². The Bertz CT molecular complexity index is 643. The first-order valence-corrected chi connectivity index (χ1v) is 8.22. The number of amides is 1. The van der Waals surface area contributed by atoms with E-state index >= 15 is 0 Å².